The highest BCUT2D eigenvalue weighted by Crippen LogP contribution is 2.24. The topological polar surface area (TPSA) is 76.4 Å². The summed E-state index contributed by atoms with van der Waals surface area (Å²) in [5, 5.41) is 11.8. The second-order valence-corrected chi connectivity index (χ2v) is 5.77. The van der Waals surface area contributed by atoms with E-state index < -0.39 is 17.6 Å². The van der Waals surface area contributed by atoms with Crippen molar-refractivity contribution < 1.29 is 14.0 Å². The molecular formula is C16H17FN4O2. The van der Waals surface area contributed by atoms with Crippen LogP contribution in [0.1, 0.15) is 18.4 Å². The van der Waals surface area contributed by atoms with Crippen molar-refractivity contribution in [2.24, 2.45) is 0 Å². The number of hydrogen-bond acceptors (Lipinski definition) is 4. The molecule has 6 nitrogen and oxygen atoms in total. The summed E-state index contributed by atoms with van der Waals surface area (Å²) in [6.45, 7) is 1.66. The molecule has 23 heavy (non-hydrogen) atoms. The number of hydrogen-bond donors (Lipinski definition) is 1. The van der Waals surface area contributed by atoms with Gasteiger partial charge >= 0.3 is 11.8 Å². The minimum atomic E-state index is -0.551. The summed E-state index contributed by atoms with van der Waals surface area (Å²) in [4.78, 5) is 27.2. The summed E-state index contributed by atoms with van der Waals surface area (Å²) in [5.74, 6) is -1.62. The van der Waals surface area contributed by atoms with Gasteiger partial charge in [0.1, 0.15) is 17.4 Å². The number of benzene rings is 1. The molecule has 120 valence electrons. The molecule has 1 heterocycles. The van der Waals surface area contributed by atoms with Crippen LogP contribution in [0.25, 0.3) is 0 Å². The van der Waals surface area contributed by atoms with E-state index in [0.717, 1.165) is 12.8 Å². The molecule has 1 aromatic carbocycles. The third kappa shape index (κ3) is 3.26. The Morgan fingerprint density at radius 2 is 1.91 bits per heavy atom. The molecule has 2 fully saturated rings. The lowest BCUT2D eigenvalue weighted by molar-refractivity contribution is -0.146. The fourth-order valence-electron chi connectivity index (χ4n) is 2.66. The molecule has 0 atom stereocenters. The van der Waals surface area contributed by atoms with Crippen molar-refractivity contribution in [1.29, 1.82) is 5.26 Å². The molecule has 1 aliphatic heterocycles. The highest BCUT2D eigenvalue weighted by Gasteiger charge is 2.31. The van der Waals surface area contributed by atoms with Crippen LogP contribution in [-0.4, -0.2) is 48.9 Å². The summed E-state index contributed by atoms with van der Waals surface area (Å²) >= 11 is 0. The first kappa shape index (κ1) is 15.3. The Hall–Kier alpha value is -2.62. The van der Waals surface area contributed by atoms with Gasteiger partial charge in [-0.2, -0.15) is 5.26 Å². The van der Waals surface area contributed by atoms with Crippen molar-refractivity contribution in [3.05, 3.63) is 29.6 Å². The van der Waals surface area contributed by atoms with Gasteiger partial charge in [0.25, 0.3) is 0 Å². The number of rotatable bonds is 2. The Kier molecular flexibility index (Phi) is 4.15. The molecule has 7 heteroatoms. The molecule has 0 radical (unpaired) electrons. The maximum atomic E-state index is 13.7. The number of anilines is 1. The minimum absolute atomic E-state index is 0.0127. The number of carbonyl (C=O) groups excluding carboxylic acids is 2. The number of halogens is 1. The smallest absolute Gasteiger partial charge is 0.312 e. The molecule has 3 rings (SSSR count). The Morgan fingerprint density at radius 3 is 2.52 bits per heavy atom. The maximum Gasteiger partial charge on any atom is 0.312 e. The summed E-state index contributed by atoms with van der Waals surface area (Å²) < 4.78 is 13.7. The van der Waals surface area contributed by atoms with Crippen molar-refractivity contribution in [1.82, 2.24) is 10.2 Å². The highest BCUT2D eigenvalue weighted by molar-refractivity contribution is 6.35. The minimum Gasteiger partial charge on any atom is -0.367 e. The van der Waals surface area contributed by atoms with E-state index in [1.165, 1.54) is 11.0 Å². The molecule has 2 aliphatic rings. The van der Waals surface area contributed by atoms with Crippen LogP contribution in [0.5, 0.6) is 0 Å². The SMILES string of the molecule is N#Cc1c(F)cccc1N1CCN(C(=O)C(=O)NC2CC2)CC1. The van der Waals surface area contributed by atoms with Crippen molar-refractivity contribution >= 4 is 17.5 Å². The predicted molar refractivity (Wildman–Crippen MR) is 81.1 cm³/mol. The largest absolute Gasteiger partial charge is 0.367 e. The van der Waals surface area contributed by atoms with E-state index in [0.29, 0.717) is 31.9 Å². The van der Waals surface area contributed by atoms with Crippen LogP contribution in [0.4, 0.5) is 10.1 Å². The lowest BCUT2D eigenvalue weighted by Gasteiger charge is -2.36. The molecule has 1 aromatic rings. The molecule has 0 bridgehead atoms. The predicted octanol–water partition coefficient (Wildman–Crippen LogP) is 0.625. The summed E-state index contributed by atoms with van der Waals surface area (Å²) in [5.41, 5.74) is 0.542. The summed E-state index contributed by atoms with van der Waals surface area (Å²) in [6.07, 6.45) is 1.87. The average Bonchev–Trinajstić information content (AvgIpc) is 3.38. The standard InChI is InChI=1S/C16H17FN4O2/c17-13-2-1-3-14(12(13)10-18)20-6-8-21(9-7-20)16(23)15(22)19-11-4-5-11/h1-3,11H,4-9H2,(H,19,22). The first-order valence-corrected chi connectivity index (χ1v) is 7.63. The van der Waals surface area contributed by atoms with E-state index in [-0.39, 0.29) is 11.6 Å². The molecule has 0 spiro atoms. The number of nitriles is 1. The maximum absolute atomic E-state index is 13.7. The van der Waals surface area contributed by atoms with E-state index in [9.17, 15) is 14.0 Å². The Labute approximate surface area is 133 Å². The number of piperazine rings is 1. The van der Waals surface area contributed by atoms with Gasteiger partial charge in [-0.1, -0.05) is 6.07 Å². The van der Waals surface area contributed by atoms with Crippen LogP contribution in [0.15, 0.2) is 18.2 Å². The number of nitrogens with zero attached hydrogens (tertiary/aromatic N) is 3. The van der Waals surface area contributed by atoms with Crippen LogP contribution >= 0.6 is 0 Å². The van der Waals surface area contributed by atoms with Crippen LogP contribution in [0, 0.1) is 17.1 Å². The first-order valence-electron chi connectivity index (χ1n) is 7.63. The van der Waals surface area contributed by atoms with Crippen molar-refractivity contribution in [2.45, 2.75) is 18.9 Å². The normalized spacial score (nSPS) is 17.6. The molecular weight excluding hydrogens is 299 g/mol. The van der Waals surface area contributed by atoms with Gasteiger partial charge in [-0.25, -0.2) is 4.39 Å². The average molecular weight is 316 g/mol. The highest BCUT2D eigenvalue weighted by atomic mass is 19.1. The molecule has 1 saturated carbocycles. The van der Waals surface area contributed by atoms with Gasteiger partial charge < -0.3 is 15.1 Å². The van der Waals surface area contributed by atoms with Crippen LogP contribution in [-0.2, 0) is 9.59 Å². The Morgan fingerprint density at radius 1 is 1.22 bits per heavy atom. The second kappa shape index (κ2) is 6.24. The second-order valence-electron chi connectivity index (χ2n) is 5.77. The van der Waals surface area contributed by atoms with Crippen LogP contribution in [0.2, 0.25) is 0 Å². The number of carbonyl (C=O) groups is 2. The molecule has 0 aromatic heterocycles. The van der Waals surface area contributed by atoms with E-state index in [1.807, 2.05) is 11.0 Å². The molecule has 1 saturated heterocycles. The Balaban J connectivity index is 1.62. The van der Waals surface area contributed by atoms with Crippen LogP contribution < -0.4 is 10.2 Å². The van der Waals surface area contributed by atoms with Crippen molar-refractivity contribution in [3.63, 3.8) is 0 Å². The molecule has 1 aliphatic carbocycles. The third-order valence-corrected chi connectivity index (χ3v) is 4.12. The van der Waals surface area contributed by atoms with E-state index in [4.69, 9.17) is 5.26 Å². The lowest BCUT2D eigenvalue weighted by atomic mass is 10.1. The fourth-order valence-corrected chi connectivity index (χ4v) is 2.66. The van der Waals surface area contributed by atoms with Gasteiger partial charge in [0.15, 0.2) is 0 Å². The first-order chi connectivity index (χ1) is 11.1. The van der Waals surface area contributed by atoms with Gasteiger partial charge in [0.05, 0.1) is 5.69 Å². The zero-order valence-electron chi connectivity index (χ0n) is 12.6. The number of nitrogens with one attached hydrogen (secondary N) is 1. The van der Waals surface area contributed by atoms with E-state index in [2.05, 4.69) is 5.32 Å². The van der Waals surface area contributed by atoms with E-state index >= 15 is 0 Å². The molecule has 2 amide bonds. The summed E-state index contributed by atoms with van der Waals surface area (Å²) in [6, 6.07) is 6.54. The fraction of sp³-hybridized carbons (Fsp3) is 0.438. The number of amides is 2. The zero-order chi connectivity index (χ0) is 16.4. The summed E-state index contributed by atoms with van der Waals surface area (Å²) in [7, 11) is 0. The molecule has 0 unspecified atom stereocenters. The Bertz CT molecular complexity index is 673. The third-order valence-electron chi connectivity index (χ3n) is 4.12. The van der Waals surface area contributed by atoms with E-state index in [1.54, 1.807) is 12.1 Å². The lowest BCUT2D eigenvalue weighted by Crippen LogP contribution is -2.53. The van der Waals surface area contributed by atoms with Crippen LogP contribution in [0.3, 0.4) is 0 Å². The zero-order valence-corrected chi connectivity index (χ0v) is 12.6. The van der Waals surface area contributed by atoms with Gasteiger partial charge in [-0.15, -0.1) is 0 Å². The van der Waals surface area contributed by atoms with Gasteiger partial charge in [-0.05, 0) is 25.0 Å². The monoisotopic (exact) mass is 316 g/mol. The van der Waals surface area contributed by atoms with Gasteiger partial charge in [-0.3, -0.25) is 9.59 Å². The van der Waals surface area contributed by atoms with Gasteiger partial charge in [0, 0.05) is 32.2 Å². The van der Waals surface area contributed by atoms with Crippen molar-refractivity contribution in [3.8, 4) is 6.07 Å². The van der Waals surface area contributed by atoms with Gasteiger partial charge in [0.2, 0.25) is 0 Å². The molecule has 1 N–H and O–H groups in total. The van der Waals surface area contributed by atoms with Crippen molar-refractivity contribution in [2.75, 3.05) is 31.1 Å². The quantitative estimate of drug-likeness (QED) is 0.812.